The Labute approximate surface area is 279 Å². The summed E-state index contributed by atoms with van der Waals surface area (Å²) in [6.07, 6.45) is 5.10. The molecule has 1 saturated heterocycles. The topological polar surface area (TPSA) is 105 Å². The highest BCUT2D eigenvalue weighted by atomic mass is 35.5. The molecule has 0 saturated carbocycles. The average Bonchev–Trinajstić information content (AvgIpc) is 3.49. The van der Waals surface area contributed by atoms with Crippen molar-refractivity contribution in [3.63, 3.8) is 0 Å². The molecule has 1 aromatic heterocycles. The molecule has 1 N–H and O–H groups in total. The van der Waals surface area contributed by atoms with Gasteiger partial charge in [-0.1, -0.05) is 53.5 Å². The Bertz CT molecular complexity index is 1740. The van der Waals surface area contributed by atoms with Crippen molar-refractivity contribution in [1.29, 1.82) is 5.26 Å². The van der Waals surface area contributed by atoms with Gasteiger partial charge in [0.1, 0.15) is 36.5 Å². The second kappa shape index (κ2) is 15.4. The number of aliphatic hydroxyl groups is 1. The summed E-state index contributed by atoms with van der Waals surface area (Å²) in [5, 5.41) is 19.7. The summed E-state index contributed by atoms with van der Waals surface area (Å²) in [5.74, 6) is 1.29. The number of carbonyl (C=O) groups excluding carboxylic acids is 1. The Balaban J connectivity index is 1.28. The molecule has 238 valence electrons. The van der Waals surface area contributed by atoms with E-state index in [4.69, 9.17) is 42.7 Å². The molecule has 10 heteroatoms. The number of likely N-dealkylation sites (tertiary alicyclic amines) is 1. The van der Waals surface area contributed by atoms with E-state index < -0.39 is 0 Å². The fraction of sp³-hybridized carbons (Fsp3) is 0.306. The van der Waals surface area contributed by atoms with Gasteiger partial charge < -0.3 is 24.2 Å². The van der Waals surface area contributed by atoms with Gasteiger partial charge in [-0.05, 0) is 61.6 Å². The summed E-state index contributed by atoms with van der Waals surface area (Å²) in [6, 6.07) is 18.6. The van der Waals surface area contributed by atoms with Crippen molar-refractivity contribution in [3.8, 4) is 34.4 Å². The van der Waals surface area contributed by atoms with E-state index in [1.807, 2.05) is 50.2 Å². The molecular weight excluding hydrogens is 625 g/mol. The van der Waals surface area contributed by atoms with Crippen LogP contribution >= 0.6 is 23.2 Å². The number of hydrogen-bond acceptors (Lipinski definition) is 8. The van der Waals surface area contributed by atoms with Crippen LogP contribution in [0.15, 0.2) is 67.0 Å². The fourth-order valence-electron chi connectivity index (χ4n) is 5.42. The number of carbonyl (C=O) groups is 1. The van der Waals surface area contributed by atoms with Gasteiger partial charge in [-0.2, -0.15) is 5.26 Å². The minimum absolute atomic E-state index is 0.0464. The van der Waals surface area contributed by atoms with Crippen molar-refractivity contribution in [3.05, 3.63) is 105 Å². The van der Waals surface area contributed by atoms with Crippen LogP contribution in [0.25, 0.3) is 11.1 Å². The number of pyridine rings is 1. The molecule has 1 aliphatic rings. The maximum atomic E-state index is 11.7. The van der Waals surface area contributed by atoms with Gasteiger partial charge in [0, 0.05) is 49.2 Å². The first kappa shape index (κ1) is 33.2. The Morgan fingerprint density at radius 2 is 1.85 bits per heavy atom. The van der Waals surface area contributed by atoms with Gasteiger partial charge in [0.25, 0.3) is 0 Å². The SMILES string of the molecule is Cc1c(COc2cc(OCc3cncc(C#N)c3)c(C=O)cc2Cl)cccc1-c1cccc(O[C@H](C)CCN2CC[C@H](O)C2)c1Cl. The zero-order valence-electron chi connectivity index (χ0n) is 25.7. The number of aliphatic hydroxyl groups excluding tert-OH is 1. The van der Waals surface area contributed by atoms with Crippen LogP contribution in [-0.2, 0) is 13.2 Å². The molecule has 2 heterocycles. The molecule has 46 heavy (non-hydrogen) atoms. The maximum Gasteiger partial charge on any atom is 0.153 e. The number of nitriles is 1. The highest BCUT2D eigenvalue weighted by Gasteiger charge is 2.21. The highest BCUT2D eigenvalue weighted by molar-refractivity contribution is 6.35. The summed E-state index contributed by atoms with van der Waals surface area (Å²) >= 11 is 13.4. The first-order valence-corrected chi connectivity index (χ1v) is 15.8. The van der Waals surface area contributed by atoms with Gasteiger partial charge >= 0.3 is 0 Å². The summed E-state index contributed by atoms with van der Waals surface area (Å²) in [6.45, 7) is 6.85. The Hall–Kier alpha value is -4.13. The summed E-state index contributed by atoms with van der Waals surface area (Å²) in [5.41, 5.74) is 5.11. The molecule has 0 aliphatic carbocycles. The standard InChI is InChI=1S/C36H35Cl2N3O5/c1-23(9-11-41-12-10-29(43)19-41)46-33-8-4-7-31(36(33)38)30-6-3-5-27(24(30)2)22-45-35-15-34(28(20-42)14-32(35)37)44-21-26-13-25(16-39)17-40-18-26/h3-8,13-15,17-18,20,23,29,43H,9-12,19,21-22H2,1-2H3/t23-,29+/m1/s1. The number of halogens is 2. The average molecular weight is 661 g/mol. The van der Waals surface area contributed by atoms with Crippen LogP contribution in [-0.4, -0.2) is 53.1 Å². The minimum Gasteiger partial charge on any atom is -0.489 e. The second-order valence-corrected chi connectivity index (χ2v) is 12.2. The number of ether oxygens (including phenoxy) is 3. The molecule has 0 amide bonds. The van der Waals surface area contributed by atoms with E-state index in [0.29, 0.717) is 46.2 Å². The van der Waals surface area contributed by atoms with Crippen LogP contribution in [0.2, 0.25) is 10.0 Å². The van der Waals surface area contributed by atoms with Crippen molar-refractivity contribution in [2.45, 2.75) is 52.1 Å². The predicted octanol–water partition coefficient (Wildman–Crippen LogP) is 7.43. The van der Waals surface area contributed by atoms with Crippen LogP contribution in [0, 0.1) is 18.3 Å². The van der Waals surface area contributed by atoms with Gasteiger partial charge in [0.2, 0.25) is 0 Å². The van der Waals surface area contributed by atoms with Crippen molar-refractivity contribution in [2.24, 2.45) is 0 Å². The van der Waals surface area contributed by atoms with Crippen molar-refractivity contribution < 1.29 is 24.1 Å². The molecule has 0 bridgehead atoms. The Kier molecular flexibility index (Phi) is 11.2. The maximum absolute atomic E-state index is 11.7. The third-order valence-corrected chi connectivity index (χ3v) is 8.70. The zero-order valence-corrected chi connectivity index (χ0v) is 27.2. The molecule has 1 aliphatic heterocycles. The van der Waals surface area contributed by atoms with Crippen LogP contribution in [0.4, 0.5) is 0 Å². The molecule has 3 aromatic carbocycles. The number of aldehydes is 1. The number of benzene rings is 3. The molecule has 4 aromatic rings. The summed E-state index contributed by atoms with van der Waals surface area (Å²) < 4.78 is 18.3. The molecule has 1 fully saturated rings. The smallest absolute Gasteiger partial charge is 0.153 e. The third kappa shape index (κ3) is 8.17. The normalized spacial score (nSPS) is 15.3. The van der Waals surface area contributed by atoms with Crippen molar-refractivity contribution >= 4 is 29.5 Å². The van der Waals surface area contributed by atoms with Gasteiger partial charge in [-0.15, -0.1) is 0 Å². The van der Waals surface area contributed by atoms with Crippen LogP contribution in [0.1, 0.15) is 52.4 Å². The Morgan fingerprint density at radius 1 is 1.07 bits per heavy atom. The lowest BCUT2D eigenvalue weighted by atomic mass is 9.96. The largest absolute Gasteiger partial charge is 0.489 e. The summed E-state index contributed by atoms with van der Waals surface area (Å²) in [4.78, 5) is 18.0. The minimum atomic E-state index is -0.235. The molecule has 5 rings (SSSR count). The third-order valence-electron chi connectivity index (χ3n) is 8.02. The molecule has 8 nitrogen and oxygen atoms in total. The first-order valence-electron chi connectivity index (χ1n) is 15.1. The van der Waals surface area contributed by atoms with Crippen LogP contribution in [0.3, 0.4) is 0 Å². The van der Waals surface area contributed by atoms with E-state index in [0.717, 1.165) is 48.2 Å². The lowest BCUT2D eigenvalue weighted by molar-refractivity contribution is 0.111. The Morgan fingerprint density at radius 3 is 2.61 bits per heavy atom. The van der Waals surface area contributed by atoms with Gasteiger partial charge in [-0.25, -0.2) is 0 Å². The van der Waals surface area contributed by atoms with E-state index in [-0.39, 0.29) is 36.0 Å². The number of nitrogens with zero attached hydrogens (tertiary/aromatic N) is 3. The summed E-state index contributed by atoms with van der Waals surface area (Å²) in [7, 11) is 0. The fourth-order valence-corrected chi connectivity index (χ4v) is 5.92. The molecule has 0 radical (unpaired) electrons. The quantitative estimate of drug-likeness (QED) is 0.148. The lowest BCUT2D eigenvalue weighted by Crippen LogP contribution is -2.27. The van der Waals surface area contributed by atoms with E-state index >= 15 is 0 Å². The van der Waals surface area contributed by atoms with Crippen molar-refractivity contribution in [1.82, 2.24) is 9.88 Å². The van der Waals surface area contributed by atoms with E-state index in [1.54, 1.807) is 18.3 Å². The second-order valence-electron chi connectivity index (χ2n) is 11.4. The molecule has 0 spiro atoms. The lowest BCUT2D eigenvalue weighted by Gasteiger charge is -2.21. The van der Waals surface area contributed by atoms with Gasteiger partial charge in [-0.3, -0.25) is 9.78 Å². The van der Waals surface area contributed by atoms with E-state index in [2.05, 4.69) is 16.0 Å². The molecule has 2 atom stereocenters. The number of hydrogen-bond donors (Lipinski definition) is 1. The van der Waals surface area contributed by atoms with Gasteiger partial charge in [0.05, 0.1) is 33.4 Å². The zero-order chi connectivity index (χ0) is 32.6. The van der Waals surface area contributed by atoms with Crippen LogP contribution < -0.4 is 14.2 Å². The highest BCUT2D eigenvalue weighted by Crippen LogP contribution is 2.39. The predicted molar refractivity (Wildman–Crippen MR) is 178 cm³/mol. The molecule has 0 unspecified atom stereocenters. The number of β-amino-alcohol motifs (C(OH)–C–C–N with tert-alkyl or cyclic N) is 1. The number of rotatable bonds is 13. The molecular formula is C36H35Cl2N3O5. The monoisotopic (exact) mass is 659 g/mol. The first-order chi connectivity index (χ1) is 22.2. The van der Waals surface area contributed by atoms with E-state index in [9.17, 15) is 9.90 Å². The van der Waals surface area contributed by atoms with Crippen LogP contribution in [0.5, 0.6) is 17.2 Å². The van der Waals surface area contributed by atoms with Gasteiger partial charge in [0.15, 0.2) is 6.29 Å². The number of aromatic nitrogens is 1. The van der Waals surface area contributed by atoms with Crippen molar-refractivity contribution in [2.75, 3.05) is 19.6 Å². The van der Waals surface area contributed by atoms with E-state index in [1.165, 1.54) is 12.3 Å².